The Balaban J connectivity index is 2.19. The van der Waals surface area contributed by atoms with Crippen molar-refractivity contribution in [3.8, 4) is 5.75 Å². The third kappa shape index (κ3) is 3.31. The number of ketones is 2. The van der Waals surface area contributed by atoms with Crippen LogP contribution >= 0.6 is 0 Å². The van der Waals surface area contributed by atoms with Gasteiger partial charge in [-0.15, -0.1) is 0 Å². The van der Waals surface area contributed by atoms with Crippen LogP contribution in [0.2, 0.25) is 0 Å². The molecule has 2 amide bonds. The Morgan fingerprint density at radius 1 is 1.17 bits per heavy atom. The van der Waals surface area contributed by atoms with E-state index in [1.165, 1.54) is 26.2 Å². The third-order valence-corrected chi connectivity index (χ3v) is 3.97. The largest absolute Gasteiger partial charge is 0.497 e. The summed E-state index contributed by atoms with van der Waals surface area (Å²) in [6, 6.07) is 4.61. The average molecular weight is 317 g/mol. The van der Waals surface area contributed by atoms with E-state index in [1.54, 1.807) is 13.0 Å². The van der Waals surface area contributed by atoms with Gasteiger partial charge in [0.15, 0.2) is 5.78 Å². The molecule has 0 spiro atoms. The molecular formula is C17H19NO5. The highest BCUT2D eigenvalue weighted by Gasteiger charge is 2.37. The van der Waals surface area contributed by atoms with Crippen molar-refractivity contribution in [2.24, 2.45) is 5.92 Å². The number of carbonyl (C=O) groups is 4. The Hall–Kier alpha value is -2.50. The number of imide groups is 1. The van der Waals surface area contributed by atoms with E-state index >= 15 is 0 Å². The Labute approximate surface area is 134 Å². The topological polar surface area (TPSA) is 80.8 Å². The van der Waals surface area contributed by atoms with Crippen molar-refractivity contribution in [3.63, 3.8) is 0 Å². The van der Waals surface area contributed by atoms with E-state index < -0.39 is 17.7 Å². The number of nitrogens with zero attached hydrogens (tertiary/aromatic N) is 1. The van der Waals surface area contributed by atoms with Crippen LogP contribution in [0, 0.1) is 5.92 Å². The lowest BCUT2D eigenvalue weighted by Crippen LogP contribution is -2.37. The number of ether oxygens (including phenoxy) is 1. The summed E-state index contributed by atoms with van der Waals surface area (Å²) in [5.74, 6) is -1.34. The maximum absolute atomic E-state index is 12.4. The lowest BCUT2D eigenvalue weighted by atomic mass is 9.95. The summed E-state index contributed by atoms with van der Waals surface area (Å²) in [5.41, 5.74) is 0.505. The molecule has 1 unspecified atom stereocenters. The molecule has 1 aromatic carbocycles. The van der Waals surface area contributed by atoms with Crippen molar-refractivity contribution in [2.45, 2.75) is 26.7 Å². The SMILES string of the molecule is CCC(CC(C)=O)C(=O)CN1C(=O)c2ccc(OC)cc2C1=O. The molecule has 1 atom stereocenters. The molecule has 0 aromatic heterocycles. The second-order valence-electron chi connectivity index (χ2n) is 5.59. The molecule has 1 aliphatic heterocycles. The average Bonchev–Trinajstić information content (AvgIpc) is 2.76. The summed E-state index contributed by atoms with van der Waals surface area (Å²) < 4.78 is 5.05. The minimum absolute atomic E-state index is 0.0858. The fraction of sp³-hybridized carbons (Fsp3) is 0.412. The van der Waals surface area contributed by atoms with Crippen molar-refractivity contribution in [2.75, 3.05) is 13.7 Å². The Morgan fingerprint density at radius 2 is 1.83 bits per heavy atom. The molecule has 0 fully saturated rings. The van der Waals surface area contributed by atoms with Crippen LogP contribution in [0.25, 0.3) is 0 Å². The van der Waals surface area contributed by atoms with Crippen LogP contribution in [0.4, 0.5) is 0 Å². The van der Waals surface area contributed by atoms with Crippen LogP contribution in [-0.2, 0) is 9.59 Å². The highest BCUT2D eigenvalue weighted by molar-refractivity contribution is 6.22. The fourth-order valence-electron chi connectivity index (χ4n) is 2.66. The standard InChI is InChI=1S/C17H19NO5/c1-4-11(7-10(2)19)15(20)9-18-16(21)13-6-5-12(23-3)8-14(13)17(18)22/h5-6,8,11H,4,7,9H2,1-3H3. The first-order chi connectivity index (χ1) is 10.9. The number of hydrogen-bond donors (Lipinski definition) is 0. The van der Waals surface area contributed by atoms with Gasteiger partial charge >= 0.3 is 0 Å². The number of rotatable bonds is 7. The minimum atomic E-state index is -0.505. The predicted octanol–water partition coefficient (Wildman–Crippen LogP) is 1.87. The molecule has 0 bridgehead atoms. The molecule has 2 rings (SSSR count). The zero-order valence-corrected chi connectivity index (χ0v) is 13.4. The van der Waals surface area contributed by atoms with Gasteiger partial charge < -0.3 is 9.53 Å². The molecule has 0 aliphatic carbocycles. The highest BCUT2D eigenvalue weighted by Crippen LogP contribution is 2.27. The summed E-state index contributed by atoms with van der Waals surface area (Å²) in [7, 11) is 1.47. The number of amides is 2. The lowest BCUT2D eigenvalue weighted by molar-refractivity contribution is -0.127. The van der Waals surface area contributed by atoms with Crippen LogP contribution in [0.15, 0.2) is 18.2 Å². The first-order valence-electron chi connectivity index (χ1n) is 7.45. The second-order valence-corrected chi connectivity index (χ2v) is 5.59. The number of fused-ring (bicyclic) bond motifs is 1. The molecule has 1 heterocycles. The highest BCUT2D eigenvalue weighted by atomic mass is 16.5. The van der Waals surface area contributed by atoms with Gasteiger partial charge in [-0.05, 0) is 31.5 Å². The Bertz CT molecular complexity index is 680. The zero-order valence-electron chi connectivity index (χ0n) is 13.4. The smallest absolute Gasteiger partial charge is 0.262 e. The molecule has 0 N–H and O–H groups in total. The summed E-state index contributed by atoms with van der Waals surface area (Å²) in [6.07, 6.45) is 0.627. The molecule has 0 radical (unpaired) electrons. The quantitative estimate of drug-likeness (QED) is 0.717. The van der Waals surface area contributed by atoms with Gasteiger partial charge in [-0.3, -0.25) is 19.3 Å². The van der Waals surface area contributed by atoms with E-state index in [0.717, 1.165) is 4.90 Å². The van der Waals surface area contributed by atoms with Crippen molar-refractivity contribution in [1.82, 2.24) is 4.90 Å². The summed E-state index contributed by atoms with van der Waals surface area (Å²) in [6.45, 7) is 2.92. The van der Waals surface area contributed by atoms with Crippen molar-refractivity contribution < 1.29 is 23.9 Å². The van der Waals surface area contributed by atoms with Gasteiger partial charge in [-0.1, -0.05) is 6.92 Å². The second kappa shape index (κ2) is 6.73. The maximum atomic E-state index is 12.4. The molecule has 0 saturated carbocycles. The number of hydrogen-bond acceptors (Lipinski definition) is 5. The van der Waals surface area contributed by atoms with Gasteiger partial charge in [0, 0.05) is 12.3 Å². The Morgan fingerprint density at radius 3 is 2.39 bits per heavy atom. The minimum Gasteiger partial charge on any atom is -0.497 e. The van der Waals surface area contributed by atoms with Gasteiger partial charge in [0.25, 0.3) is 11.8 Å². The number of carbonyl (C=O) groups excluding carboxylic acids is 4. The molecule has 1 aliphatic rings. The van der Waals surface area contributed by atoms with Gasteiger partial charge in [0.05, 0.1) is 24.8 Å². The first-order valence-corrected chi connectivity index (χ1v) is 7.45. The summed E-state index contributed by atoms with van der Waals surface area (Å²) >= 11 is 0. The molecule has 1 aromatic rings. The number of Topliss-reactive ketones (excluding diaryl/α,β-unsaturated/α-hetero) is 2. The van der Waals surface area contributed by atoms with Crippen molar-refractivity contribution in [3.05, 3.63) is 29.3 Å². The molecule has 23 heavy (non-hydrogen) atoms. The van der Waals surface area contributed by atoms with E-state index in [4.69, 9.17) is 4.74 Å². The Kier molecular flexibility index (Phi) is 4.93. The van der Waals surface area contributed by atoms with Crippen LogP contribution < -0.4 is 4.74 Å². The van der Waals surface area contributed by atoms with E-state index in [9.17, 15) is 19.2 Å². The first kappa shape index (κ1) is 16.9. The van der Waals surface area contributed by atoms with E-state index in [0.29, 0.717) is 12.2 Å². The normalized spacial score (nSPS) is 14.7. The monoisotopic (exact) mass is 317 g/mol. The van der Waals surface area contributed by atoms with E-state index in [-0.39, 0.29) is 35.7 Å². The molecule has 6 nitrogen and oxygen atoms in total. The molecule has 0 saturated heterocycles. The van der Waals surface area contributed by atoms with Crippen molar-refractivity contribution in [1.29, 1.82) is 0 Å². The number of methoxy groups -OCH3 is 1. The summed E-state index contributed by atoms with van der Waals surface area (Å²) in [5, 5.41) is 0. The predicted molar refractivity (Wildman–Crippen MR) is 82.4 cm³/mol. The van der Waals surface area contributed by atoms with Gasteiger partial charge in [0.2, 0.25) is 0 Å². The van der Waals surface area contributed by atoms with Crippen LogP contribution in [-0.4, -0.2) is 41.9 Å². The zero-order chi connectivity index (χ0) is 17.1. The van der Waals surface area contributed by atoms with E-state index in [1.807, 2.05) is 0 Å². The van der Waals surface area contributed by atoms with Crippen molar-refractivity contribution >= 4 is 23.4 Å². The molecule has 6 heteroatoms. The van der Waals surface area contributed by atoms with Gasteiger partial charge in [-0.2, -0.15) is 0 Å². The van der Waals surface area contributed by atoms with Crippen LogP contribution in [0.3, 0.4) is 0 Å². The number of benzene rings is 1. The fourth-order valence-corrected chi connectivity index (χ4v) is 2.66. The van der Waals surface area contributed by atoms with Gasteiger partial charge in [-0.25, -0.2) is 0 Å². The lowest BCUT2D eigenvalue weighted by Gasteiger charge is -2.17. The third-order valence-electron chi connectivity index (χ3n) is 3.97. The van der Waals surface area contributed by atoms with Gasteiger partial charge in [0.1, 0.15) is 11.5 Å². The van der Waals surface area contributed by atoms with Crippen LogP contribution in [0.5, 0.6) is 5.75 Å². The van der Waals surface area contributed by atoms with E-state index in [2.05, 4.69) is 0 Å². The summed E-state index contributed by atoms with van der Waals surface area (Å²) in [4.78, 5) is 49.2. The van der Waals surface area contributed by atoms with Crippen LogP contribution in [0.1, 0.15) is 47.4 Å². The maximum Gasteiger partial charge on any atom is 0.262 e. The molecule has 122 valence electrons. The molecular weight excluding hydrogens is 298 g/mol.